The molecule has 0 unspecified atom stereocenters. The first kappa shape index (κ1) is 40.8. The molecule has 2 aliphatic rings. The summed E-state index contributed by atoms with van der Waals surface area (Å²) in [6.07, 6.45) is 0. The Morgan fingerprint density at radius 1 is 0.449 bits per heavy atom. The smallest absolute Gasteiger partial charge is 0.273 e. The number of hydrogen-bond acceptors (Lipinski definition) is 4. The molecule has 0 amide bonds. The van der Waals surface area contributed by atoms with Gasteiger partial charge >= 0.3 is 0 Å². The van der Waals surface area contributed by atoms with Gasteiger partial charge in [-0.3, -0.25) is 0 Å². The van der Waals surface area contributed by atoms with Crippen molar-refractivity contribution in [3.8, 4) is 34.4 Å². The van der Waals surface area contributed by atoms with Crippen LogP contribution in [0.15, 0.2) is 150 Å². The van der Waals surface area contributed by atoms with Crippen LogP contribution >= 0.6 is 11.3 Å². The second-order valence-corrected chi connectivity index (χ2v) is 23.6. The van der Waals surface area contributed by atoms with Crippen molar-refractivity contribution in [2.75, 3.05) is 0 Å². The lowest BCUT2D eigenvalue weighted by molar-refractivity contribution is 0.466. The van der Waals surface area contributed by atoms with Crippen LogP contribution in [0.25, 0.3) is 87.0 Å². The molecule has 0 radical (unpaired) electrons. The van der Waals surface area contributed by atoms with Crippen LogP contribution in [-0.4, -0.2) is 15.8 Å². The Bertz CT molecular complexity index is 4090. The van der Waals surface area contributed by atoms with E-state index in [4.69, 9.17) is 13.9 Å². The number of para-hydroxylation sites is 3. The molecule has 5 nitrogen and oxygen atoms in total. The van der Waals surface area contributed by atoms with E-state index in [2.05, 4.69) is 217 Å². The maximum atomic E-state index is 7.68. The normalized spacial score (nSPS) is 13.8. The highest BCUT2D eigenvalue weighted by Gasteiger charge is 2.45. The van der Waals surface area contributed by atoms with Gasteiger partial charge < -0.3 is 23.0 Å². The first-order chi connectivity index (χ1) is 33.1. The molecular weight excluding hydrogens is 864 g/mol. The molecule has 2 aliphatic heterocycles. The van der Waals surface area contributed by atoms with Gasteiger partial charge in [0, 0.05) is 64.8 Å². The third-order valence-electron chi connectivity index (χ3n) is 15.1. The van der Waals surface area contributed by atoms with Crippen LogP contribution in [0.4, 0.5) is 0 Å². The van der Waals surface area contributed by atoms with Crippen molar-refractivity contribution in [1.29, 1.82) is 0 Å². The SMILES string of the molecule is CC(C)(C)c1ccc2sc3c(c2c1)Oc1cc(-n2c4ccccc4c4ccccc42)cc2c1B3c1cc3c(oc4ccccc43)c(-n3c4ccc(C(C)(C)C)cc4c4cc(C(C)(C)C)ccc43)c1O2. The summed E-state index contributed by atoms with van der Waals surface area (Å²) in [6, 6.07) is 53.7. The van der Waals surface area contributed by atoms with Gasteiger partial charge in [-0.25, -0.2) is 0 Å². The zero-order valence-electron chi connectivity index (χ0n) is 40.5. The number of fused-ring (bicyclic) bond motifs is 15. The maximum Gasteiger partial charge on any atom is 0.273 e. The predicted octanol–water partition coefficient (Wildman–Crippen LogP) is 15.6. The predicted molar refractivity (Wildman–Crippen MR) is 292 cm³/mol. The Hall–Kier alpha value is -7.22. The van der Waals surface area contributed by atoms with Crippen molar-refractivity contribution in [2.24, 2.45) is 0 Å². The molecule has 0 bridgehead atoms. The molecule has 69 heavy (non-hydrogen) atoms. The number of benzene rings is 8. The highest BCUT2D eigenvalue weighted by atomic mass is 32.1. The van der Waals surface area contributed by atoms with Crippen LogP contribution in [0.3, 0.4) is 0 Å². The zero-order valence-corrected chi connectivity index (χ0v) is 41.3. The third-order valence-corrected chi connectivity index (χ3v) is 16.3. The highest BCUT2D eigenvalue weighted by molar-refractivity contribution is 7.33. The van der Waals surface area contributed by atoms with E-state index in [1.165, 1.54) is 47.7 Å². The summed E-state index contributed by atoms with van der Waals surface area (Å²) >= 11 is 1.84. The average molecular weight is 915 g/mol. The highest BCUT2D eigenvalue weighted by Crippen LogP contribution is 2.49. The van der Waals surface area contributed by atoms with Crippen molar-refractivity contribution >= 4 is 109 Å². The van der Waals surface area contributed by atoms with Crippen molar-refractivity contribution in [1.82, 2.24) is 9.13 Å². The molecule has 0 N–H and O–H groups in total. The van der Waals surface area contributed by atoms with Gasteiger partial charge in [0.2, 0.25) is 0 Å². The number of thiophene rings is 1. The van der Waals surface area contributed by atoms with Gasteiger partial charge in [0.25, 0.3) is 6.71 Å². The molecule has 7 heteroatoms. The fourth-order valence-corrected chi connectivity index (χ4v) is 12.7. The first-order valence-electron chi connectivity index (χ1n) is 24.3. The number of furan rings is 1. The molecule has 4 aromatic heterocycles. The van der Waals surface area contributed by atoms with Crippen LogP contribution in [-0.2, 0) is 16.2 Å². The standard InChI is InChI=1S/C62H51BN2O3S/c1-60(2,3)34-22-25-48-41(28-34)42-29-35(61(4,5)6)23-26-49(42)65(48)55-56-43(40-18-12-15-21-50(40)66-56)33-45-58(55)68-52-32-37(64-46-19-13-10-16-38(46)39-17-11-14-20-47(39)64)31-51-54(52)63(45)59-57(67-51)44-30-36(62(7,8)9)24-27-53(44)69-59/h10-33H,1-9H3. The van der Waals surface area contributed by atoms with Crippen molar-refractivity contribution in [2.45, 2.75) is 78.6 Å². The maximum absolute atomic E-state index is 7.68. The Morgan fingerprint density at radius 2 is 0.957 bits per heavy atom. The van der Waals surface area contributed by atoms with Crippen LogP contribution < -0.4 is 25.2 Å². The summed E-state index contributed by atoms with van der Waals surface area (Å²) in [5.41, 5.74) is 13.9. The van der Waals surface area contributed by atoms with Gasteiger partial charge in [-0.2, -0.15) is 0 Å². The number of aromatic nitrogens is 2. The fraction of sp³-hybridized carbons (Fsp3) is 0.194. The van der Waals surface area contributed by atoms with Crippen molar-refractivity contribution in [3.63, 3.8) is 0 Å². The summed E-state index contributed by atoms with van der Waals surface area (Å²) in [5, 5.41) is 8.12. The number of hydrogen-bond donors (Lipinski definition) is 0. The largest absolute Gasteiger partial charge is 0.457 e. The molecule has 0 atom stereocenters. The van der Waals surface area contributed by atoms with Crippen LogP contribution in [0.5, 0.6) is 23.0 Å². The monoisotopic (exact) mass is 914 g/mol. The van der Waals surface area contributed by atoms with E-state index in [-0.39, 0.29) is 23.0 Å². The van der Waals surface area contributed by atoms with Crippen molar-refractivity contribution in [3.05, 3.63) is 162 Å². The van der Waals surface area contributed by atoms with Gasteiger partial charge in [-0.1, -0.05) is 141 Å². The quantitative estimate of drug-likeness (QED) is 0.162. The van der Waals surface area contributed by atoms with E-state index < -0.39 is 0 Å². The topological polar surface area (TPSA) is 41.5 Å². The van der Waals surface area contributed by atoms with Crippen LogP contribution in [0.1, 0.15) is 79.0 Å². The lowest BCUT2D eigenvalue weighted by atomic mass is 9.37. The van der Waals surface area contributed by atoms with E-state index in [0.717, 1.165) is 94.7 Å². The molecule has 6 heterocycles. The molecule has 8 aromatic carbocycles. The molecule has 336 valence electrons. The average Bonchev–Trinajstić information content (AvgIpc) is 4.07. The lowest BCUT2D eigenvalue weighted by Crippen LogP contribution is -2.56. The first-order valence-corrected chi connectivity index (χ1v) is 25.1. The van der Waals surface area contributed by atoms with E-state index in [0.29, 0.717) is 0 Å². The number of rotatable bonds is 2. The number of ether oxygens (including phenoxy) is 2. The lowest BCUT2D eigenvalue weighted by Gasteiger charge is -2.33. The Morgan fingerprint density at radius 3 is 1.55 bits per heavy atom. The minimum atomic E-state index is -0.185. The Kier molecular flexibility index (Phi) is 8.12. The molecular formula is C62H51BN2O3S. The number of nitrogens with zero attached hydrogens (tertiary/aromatic N) is 2. The molecule has 0 saturated heterocycles. The molecule has 0 spiro atoms. The molecule has 0 fully saturated rings. The minimum absolute atomic E-state index is 0.0375. The van der Waals surface area contributed by atoms with Gasteiger partial charge in [0.1, 0.15) is 28.5 Å². The second kappa shape index (κ2) is 13.7. The van der Waals surface area contributed by atoms with Gasteiger partial charge in [-0.05, 0) is 93.0 Å². The Labute approximate surface area is 405 Å². The van der Waals surface area contributed by atoms with E-state index >= 15 is 0 Å². The van der Waals surface area contributed by atoms with Crippen LogP contribution in [0, 0.1) is 0 Å². The van der Waals surface area contributed by atoms with Gasteiger partial charge in [0.15, 0.2) is 11.3 Å². The van der Waals surface area contributed by atoms with Crippen molar-refractivity contribution < 1.29 is 13.9 Å². The summed E-state index contributed by atoms with van der Waals surface area (Å²) in [4.78, 5) is 0. The van der Waals surface area contributed by atoms with Gasteiger partial charge in [-0.15, -0.1) is 11.3 Å². The molecule has 0 saturated carbocycles. The summed E-state index contributed by atoms with van der Waals surface area (Å²) in [6.45, 7) is 20.5. The van der Waals surface area contributed by atoms with E-state index in [1.54, 1.807) is 0 Å². The zero-order chi connectivity index (χ0) is 47.0. The van der Waals surface area contributed by atoms with E-state index in [9.17, 15) is 0 Å². The minimum Gasteiger partial charge on any atom is -0.457 e. The third kappa shape index (κ3) is 5.77. The second-order valence-electron chi connectivity index (χ2n) is 22.5. The molecule has 0 aliphatic carbocycles. The summed E-state index contributed by atoms with van der Waals surface area (Å²) in [5.74, 6) is 3.32. The Balaban J connectivity index is 1.13. The van der Waals surface area contributed by atoms with Crippen LogP contribution in [0.2, 0.25) is 0 Å². The van der Waals surface area contributed by atoms with E-state index in [1.807, 2.05) is 11.3 Å². The summed E-state index contributed by atoms with van der Waals surface area (Å²) < 4.78 is 29.4. The van der Waals surface area contributed by atoms with Gasteiger partial charge in [0.05, 0.1) is 27.8 Å². The summed E-state index contributed by atoms with van der Waals surface area (Å²) in [7, 11) is 0. The fourth-order valence-electron chi connectivity index (χ4n) is 11.4. The molecule has 14 rings (SSSR count). The molecule has 12 aromatic rings.